The van der Waals surface area contributed by atoms with E-state index in [0.29, 0.717) is 6.61 Å². The Balaban J connectivity index is 1.69. The molecule has 0 aliphatic rings. The molecular formula is C21H33N5OS. The Morgan fingerprint density at radius 3 is 2.54 bits per heavy atom. The fourth-order valence-corrected chi connectivity index (χ4v) is 3.42. The average Bonchev–Trinajstić information content (AvgIpc) is 3.14. The van der Waals surface area contributed by atoms with Crippen LogP contribution in [0.1, 0.15) is 30.1 Å². The third-order valence-corrected chi connectivity index (χ3v) is 5.34. The summed E-state index contributed by atoms with van der Waals surface area (Å²) in [5.41, 5.74) is 2.32. The number of likely N-dealkylation sites (N-methyl/N-ethyl adjacent to an activating group) is 1. The number of hydrogen-bond donors (Lipinski definition) is 2. The predicted octanol–water partition coefficient (Wildman–Crippen LogP) is 3.08. The zero-order valence-electron chi connectivity index (χ0n) is 17.5. The van der Waals surface area contributed by atoms with Crippen LogP contribution in [0.3, 0.4) is 0 Å². The molecule has 0 saturated heterocycles. The van der Waals surface area contributed by atoms with Gasteiger partial charge in [0.15, 0.2) is 5.96 Å². The SMILES string of the molecule is CCN(CC)CCOc1ccc(CNC(=NC)NCCc2csc(C)n2)cc1. The van der Waals surface area contributed by atoms with Crippen molar-refractivity contribution >= 4 is 17.3 Å². The lowest BCUT2D eigenvalue weighted by molar-refractivity contribution is 0.223. The lowest BCUT2D eigenvalue weighted by Crippen LogP contribution is -2.37. The van der Waals surface area contributed by atoms with Gasteiger partial charge in [0.05, 0.1) is 10.7 Å². The summed E-state index contributed by atoms with van der Waals surface area (Å²) in [6, 6.07) is 8.23. The molecule has 0 fully saturated rings. The molecule has 2 aromatic rings. The van der Waals surface area contributed by atoms with E-state index in [1.54, 1.807) is 18.4 Å². The van der Waals surface area contributed by atoms with Gasteiger partial charge in [-0.2, -0.15) is 0 Å². The lowest BCUT2D eigenvalue weighted by Gasteiger charge is -2.18. The number of nitrogens with zero attached hydrogens (tertiary/aromatic N) is 3. The van der Waals surface area contributed by atoms with E-state index >= 15 is 0 Å². The number of guanidine groups is 1. The van der Waals surface area contributed by atoms with Gasteiger partial charge in [-0.15, -0.1) is 11.3 Å². The van der Waals surface area contributed by atoms with Gasteiger partial charge >= 0.3 is 0 Å². The van der Waals surface area contributed by atoms with Crippen LogP contribution in [0.15, 0.2) is 34.6 Å². The summed E-state index contributed by atoms with van der Waals surface area (Å²) in [4.78, 5) is 11.1. The standard InChI is InChI=1S/C21H33N5OS/c1-5-26(6-2)13-14-27-20-9-7-18(8-10-20)15-24-21(22-4)23-12-11-19-16-28-17(3)25-19/h7-10,16H,5-6,11-15H2,1-4H3,(H2,22,23,24). The summed E-state index contributed by atoms with van der Waals surface area (Å²) < 4.78 is 5.84. The molecule has 0 bridgehead atoms. The van der Waals surface area contributed by atoms with Crippen molar-refractivity contribution in [3.8, 4) is 5.75 Å². The van der Waals surface area contributed by atoms with Crippen molar-refractivity contribution in [3.63, 3.8) is 0 Å². The Hall–Kier alpha value is -2.12. The van der Waals surface area contributed by atoms with Crippen molar-refractivity contribution < 1.29 is 4.74 Å². The molecule has 0 unspecified atom stereocenters. The minimum atomic E-state index is 0.717. The summed E-state index contributed by atoms with van der Waals surface area (Å²) in [6.45, 7) is 11.7. The van der Waals surface area contributed by atoms with Crippen LogP contribution < -0.4 is 15.4 Å². The highest BCUT2D eigenvalue weighted by Crippen LogP contribution is 2.12. The second-order valence-corrected chi connectivity index (χ2v) is 7.54. The molecule has 0 amide bonds. The van der Waals surface area contributed by atoms with E-state index in [0.717, 1.165) is 61.6 Å². The van der Waals surface area contributed by atoms with Crippen LogP contribution in [0.25, 0.3) is 0 Å². The molecular weight excluding hydrogens is 370 g/mol. The van der Waals surface area contributed by atoms with Crippen LogP contribution in [-0.4, -0.2) is 55.7 Å². The fourth-order valence-electron chi connectivity index (χ4n) is 2.77. The number of hydrogen-bond acceptors (Lipinski definition) is 5. The normalized spacial score (nSPS) is 11.7. The van der Waals surface area contributed by atoms with Crippen molar-refractivity contribution in [3.05, 3.63) is 45.9 Å². The number of aromatic nitrogens is 1. The second-order valence-electron chi connectivity index (χ2n) is 6.48. The zero-order valence-corrected chi connectivity index (χ0v) is 18.3. The molecule has 7 heteroatoms. The number of aliphatic imine (C=N–C) groups is 1. The summed E-state index contributed by atoms with van der Waals surface area (Å²) in [6.07, 6.45) is 0.893. The van der Waals surface area contributed by atoms with Crippen LogP contribution in [0, 0.1) is 6.92 Å². The molecule has 6 nitrogen and oxygen atoms in total. The van der Waals surface area contributed by atoms with Crippen LogP contribution in [0.4, 0.5) is 0 Å². The molecule has 0 atom stereocenters. The van der Waals surface area contributed by atoms with Crippen molar-refractivity contribution in [1.82, 2.24) is 20.5 Å². The lowest BCUT2D eigenvalue weighted by atomic mass is 10.2. The number of thiazole rings is 1. The molecule has 0 spiro atoms. The average molecular weight is 404 g/mol. The number of ether oxygens (including phenoxy) is 1. The molecule has 1 aromatic carbocycles. The first kappa shape index (κ1) is 22.2. The topological polar surface area (TPSA) is 61.8 Å². The number of benzene rings is 1. The van der Waals surface area contributed by atoms with E-state index in [4.69, 9.17) is 4.74 Å². The third kappa shape index (κ3) is 7.86. The number of rotatable bonds is 11. The highest BCUT2D eigenvalue weighted by Gasteiger charge is 2.03. The van der Waals surface area contributed by atoms with Gasteiger partial charge in [0.25, 0.3) is 0 Å². The molecule has 0 saturated carbocycles. The minimum Gasteiger partial charge on any atom is -0.492 e. The molecule has 1 heterocycles. The van der Waals surface area contributed by atoms with Gasteiger partial charge in [0, 0.05) is 38.5 Å². The highest BCUT2D eigenvalue weighted by molar-refractivity contribution is 7.09. The molecule has 28 heavy (non-hydrogen) atoms. The van der Waals surface area contributed by atoms with E-state index in [-0.39, 0.29) is 0 Å². The number of nitrogens with one attached hydrogen (secondary N) is 2. The molecule has 0 radical (unpaired) electrons. The maximum absolute atomic E-state index is 5.84. The van der Waals surface area contributed by atoms with Crippen molar-refractivity contribution in [2.75, 3.05) is 39.8 Å². The van der Waals surface area contributed by atoms with Crippen LogP contribution in [0.5, 0.6) is 5.75 Å². The Morgan fingerprint density at radius 2 is 1.93 bits per heavy atom. The molecule has 154 valence electrons. The van der Waals surface area contributed by atoms with Crippen molar-refractivity contribution in [2.24, 2.45) is 4.99 Å². The molecule has 2 N–H and O–H groups in total. The third-order valence-electron chi connectivity index (χ3n) is 4.52. The van der Waals surface area contributed by atoms with Gasteiger partial charge in [-0.05, 0) is 37.7 Å². The van der Waals surface area contributed by atoms with E-state index in [1.165, 1.54) is 5.56 Å². The molecule has 1 aromatic heterocycles. The van der Waals surface area contributed by atoms with E-state index in [9.17, 15) is 0 Å². The van der Waals surface area contributed by atoms with E-state index in [2.05, 4.69) is 56.9 Å². The second kappa shape index (κ2) is 12.4. The Labute approximate surface area is 173 Å². The first-order valence-corrected chi connectivity index (χ1v) is 10.8. The molecule has 0 aliphatic carbocycles. The Bertz CT molecular complexity index is 710. The van der Waals surface area contributed by atoms with Gasteiger partial charge in [0.1, 0.15) is 12.4 Å². The van der Waals surface area contributed by atoms with Gasteiger partial charge in [0.2, 0.25) is 0 Å². The zero-order chi connectivity index (χ0) is 20.2. The minimum absolute atomic E-state index is 0.717. The Morgan fingerprint density at radius 1 is 1.18 bits per heavy atom. The smallest absolute Gasteiger partial charge is 0.191 e. The largest absolute Gasteiger partial charge is 0.492 e. The van der Waals surface area contributed by atoms with Crippen molar-refractivity contribution in [1.29, 1.82) is 0 Å². The van der Waals surface area contributed by atoms with E-state index < -0.39 is 0 Å². The summed E-state index contributed by atoms with van der Waals surface area (Å²) in [7, 11) is 1.79. The molecule has 0 aliphatic heterocycles. The first-order chi connectivity index (χ1) is 13.6. The maximum atomic E-state index is 5.84. The Kier molecular flexibility index (Phi) is 9.79. The van der Waals surface area contributed by atoms with Gasteiger partial charge in [-0.25, -0.2) is 4.98 Å². The fraction of sp³-hybridized carbons (Fsp3) is 0.524. The van der Waals surface area contributed by atoms with E-state index in [1.807, 2.05) is 19.1 Å². The van der Waals surface area contributed by atoms with Gasteiger partial charge < -0.3 is 20.3 Å². The van der Waals surface area contributed by atoms with Gasteiger partial charge in [-0.3, -0.25) is 4.99 Å². The quantitative estimate of drug-likeness (QED) is 0.446. The molecule has 2 rings (SSSR count). The first-order valence-electron chi connectivity index (χ1n) is 9.94. The monoisotopic (exact) mass is 403 g/mol. The highest BCUT2D eigenvalue weighted by atomic mass is 32.1. The van der Waals surface area contributed by atoms with Crippen molar-refractivity contribution in [2.45, 2.75) is 33.7 Å². The van der Waals surface area contributed by atoms with Crippen LogP contribution in [-0.2, 0) is 13.0 Å². The summed E-state index contributed by atoms with van der Waals surface area (Å²) in [5.74, 6) is 1.71. The van der Waals surface area contributed by atoms with Crippen LogP contribution in [0.2, 0.25) is 0 Å². The number of aryl methyl sites for hydroxylation is 1. The summed E-state index contributed by atoms with van der Waals surface area (Å²) in [5, 5.41) is 9.90. The van der Waals surface area contributed by atoms with Gasteiger partial charge in [-0.1, -0.05) is 26.0 Å². The maximum Gasteiger partial charge on any atom is 0.191 e. The van der Waals surface area contributed by atoms with Crippen LogP contribution >= 0.6 is 11.3 Å². The predicted molar refractivity (Wildman–Crippen MR) is 118 cm³/mol. The summed E-state index contributed by atoms with van der Waals surface area (Å²) >= 11 is 1.69.